The summed E-state index contributed by atoms with van der Waals surface area (Å²) in [6, 6.07) is 6.10. The van der Waals surface area contributed by atoms with E-state index in [9.17, 15) is 0 Å². The van der Waals surface area contributed by atoms with Crippen molar-refractivity contribution in [1.82, 2.24) is 30.3 Å². The molecule has 2 N–H and O–H groups in total. The summed E-state index contributed by atoms with van der Waals surface area (Å²) in [6.45, 7) is 16.4. The van der Waals surface area contributed by atoms with Gasteiger partial charge in [-0.15, -0.1) is 24.0 Å². The number of guanidine groups is 1. The third-order valence-corrected chi connectivity index (χ3v) is 5.36. The van der Waals surface area contributed by atoms with E-state index in [0.29, 0.717) is 6.54 Å². The second kappa shape index (κ2) is 11.8. The zero-order valence-corrected chi connectivity index (χ0v) is 21.6. The molecule has 0 radical (unpaired) electrons. The predicted octanol–water partition coefficient (Wildman–Crippen LogP) is 2.67. The monoisotopic (exact) mass is 541 g/mol. The maximum atomic E-state index is 5.48. The van der Waals surface area contributed by atoms with Crippen molar-refractivity contribution < 1.29 is 4.74 Å². The molecule has 1 saturated heterocycles. The first-order valence-corrected chi connectivity index (χ1v) is 10.7. The lowest BCUT2D eigenvalue weighted by molar-refractivity contribution is -0.00834. The normalized spacial score (nSPS) is 15.5. The molecule has 0 unspecified atom stereocenters. The summed E-state index contributed by atoms with van der Waals surface area (Å²) in [5.41, 5.74) is 3.16. The lowest BCUT2D eigenvalue weighted by atomic mass is 10.0. The molecule has 0 aromatic carbocycles. The van der Waals surface area contributed by atoms with Crippen LogP contribution >= 0.6 is 24.0 Å². The second-order valence-corrected chi connectivity index (χ2v) is 8.32. The van der Waals surface area contributed by atoms with E-state index in [1.54, 1.807) is 0 Å². The summed E-state index contributed by atoms with van der Waals surface area (Å²) >= 11 is 0. The fourth-order valence-corrected chi connectivity index (χ4v) is 3.59. The van der Waals surface area contributed by atoms with Crippen LogP contribution in [0.4, 0.5) is 0 Å². The minimum Gasteiger partial charge on any atom is -0.379 e. The Morgan fingerprint density at radius 2 is 1.94 bits per heavy atom. The number of hydrogen-bond acceptors (Lipinski definition) is 5. The van der Waals surface area contributed by atoms with Crippen LogP contribution in [0.5, 0.6) is 0 Å². The van der Waals surface area contributed by atoms with Gasteiger partial charge in [-0.05, 0) is 52.3 Å². The Bertz CT molecular complexity index is 842. The Labute approximate surface area is 202 Å². The molecule has 8 nitrogen and oxygen atoms in total. The Hall–Kier alpha value is -1.72. The predicted molar refractivity (Wildman–Crippen MR) is 136 cm³/mol. The first-order valence-electron chi connectivity index (χ1n) is 10.7. The zero-order valence-electron chi connectivity index (χ0n) is 19.3. The molecule has 0 amide bonds. The molecule has 1 aliphatic rings. The first kappa shape index (κ1) is 25.5. The van der Waals surface area contributed by atoms with Crippen LogP contribution in [-0.4, -0.2) is 70.6 Å². The Balaban J connectivity index is 0.00000341. The molecule has 3 rings (SSSR count). The molecule has 2 aromatic heterocycles. The van der Waals surface area contributed by atoms with Crippen LogP contribution < -0.4 is 10.6 Å². The molecule has 172 valence electrons. The smallest absolute Gasteiger partial charge is 0.191 e. The fourth-order valence-electron chi connectivity index (χ4n) is 3.59. The van der Waals surface area contributed by atoms with Crippen LogP contribution in [0.25, 0.3) is 5.82 Å². The highest BCUT2D eigenvalue weighted by Gasteiger charge is 2.28. The van der Waals surface area contributed by atoms with Gasteiger partial charge in [-0.2, -0.15) is 5.10 Å². The van der Waals surface area contributed by atoms with E-state index >= 15 is 0 Å². The van der Waals surface area contributed by atoms with E-state index in [0.717, 1.165) is 68.1 Å². The highest BCUT2D eigenvalue weighted by Crippen LogP contribution is 2.15. The molecular weight excluding hydrogens is 505 g/mol. The highest BCUT2D eigenvalue weighted by molar-refractivity contribution is 14.0. The van der Waals surface area contributed by atoms with Gasteiger partial charge in [0.15, 0.2) is 11.8 Å². The number of aryl methyl sites for hydroxylation is 2. The van der Waals surface area contributed by atoms with Crippen molar-refractivity contribution in [2.24, 2.45) is 4.99 Å². The van der Waals surface area contributed by atoms with Gasteiger partial charge < -0.3 is 15.4 Å². The third kappa shape index (κ3) is 7.15. The lowest BCUT2D eigenvalue weighted by Crippen LogP contribution is -2.56. The first-order chi connectivity index (χ1) is 14.4. The zero-order chi connectivity index (χ0) is 21.6. The summed E-state index contributed by atoms with van der Waals surface area (Å²) in [5, 5.41) is 11.3. The third-order valence-electron chi connectivity index (χ3n) is 5.36. The van der Waals surface area contributed by atoms with Gasteiger partial charge in [0, 0.05) is 43.6 Å². The van der Waals surface area contributed by atoms with Crippen LogP contribution in [0, 0.1) is 13.8 Å². The number of pyridine rings is 1. The molecule has 0 saturated carbocycles. The summed E-state index contributed by atoms with van der Waals surface area (Å²) in [7, 11) is 0. The number of aromatic nitrogens is 3. The van der Waals surface area contributed by atoms with E-state index in [1.807, 2.05) is 36.9 Å². The van der Waals surface area contributed by atoms with Crippen LogP contribution in [-0.2, 0) is 11.3 Å². The van der Waals surface area contributed by atoms with Gasteiger partial charge in [-0.1, -0.05) is 6.07 Å². The maximum Gasteiger partial charge on any atom is 0.191 e. The van der Waals surface area contributed by atoms with Gasteiger partial charge in [-0.25, -0.2) is 14.7 Å². The lowest BCUT2D eigenvalue weighted by Gasteiger charge is -2.41. The van der Waals surface area contributed by atoms with Crippen molar-refractivity contribution in [1.29, 1.82) is 0 Å². The quantitative estimate of drug-likeness (QED) is 0.319. The summed E-state index contributed by atoms with van der Waals surface area (Å²) in [5.74, 6) is 1.65. The molecule has 9 heteroatoms. The van der Waals surface area contributed by atoms with Crippen LogP contribution in [0.1, 0.15) is 37.7 Å². The van der Waals surface area contributed by atoms with Gasteiger partial charge in [0.2, 0.25) is 0 Å². The van der Waals surface area contributed by atoms with Crippen molar-refractivity contribution in [3.05, 3.63) is 41.3 Å². The van der Waals surface area contributed by atoms with Gasteiger partial charge in [0.05, 0.1) is 25.5 Å². The van der Waals surface area contributed by atoms with E-state index < -0.39 is 0 Å². The van der Waals surface area contributed by atoms with E-state index in [1.165, 1.54) is 0 Å². The summed E-state index contributed by atoms with van der Waals surface area (Å²) < 4.78 is 7.34. The van der Waals surface area contributed by atoms with E-state index in [4.69, 9.17) is 9.73 Å². The number of aliphatic imine (C=N–C) groups is 1. The number of hydrogen-bond donors (Lipinski definition) is 2. The highest BCUT2D eigenvalue weighted by atomic mass is 127. The molecule has 1 aliphatic heterocycles. The number of ether oxygens (including phenoxy) is 1. The number of morpholine rings is 1. The topological polar surface area (TPSA) is 79.6 Å². The molecule has 3 heterocycles. The number of rotatable bonds is 7. The van der Waals surface area contributed by atoms with Crippen LogP contribution in [0.3, 0.4) is 0 Å². The average Bonchev–Trinajstić information content (AvgIpc) is 3.09. The average molecular weight is 541 g/mol. The minimum atomic E-state index is 0. The van der Waals surface area contributed by atoms with Gasteiger partial charge in [-0.3, -0.25) is 4.90 Å². The Morgan fingerprint density at radius 3 is 2.52 bits per heavy atom. The SMILES string of the molecule is CCNC(=NCc1ccc(-n2nc(C)cc2C)nc1)NCC(C)(C)N1CCOCC1.I. The van der Waals surface area contributed by atoms with Crippen LogP contribution in [0.2, 0.25) is 0 Å². The van der Waals surface area contributed by atoms with E-state index in [2.05, 4.69) is 52.5 Å². The number of halogens is 1. The molecule has 0 bridgehead atoms. The summed E-state index contributed by atoms with van der Waals surface area (Å²) in [4.78, 5) is 11.8. The van der Waals surface area contributed by atoms with Crippen molar-refractivity contribution in [3.63, 3.8) is 0 Å². The Kier molecular flexibility index (Phi) is 9.70. The van der Waals surface area contributed by atoms with Crippen molar-refractivity contribution in [2.75, 3.05) is 39.4 Å². The van der Waals surface area contributed by atoms with Gasteiger partial charge in [0.1, 0.15) is 0 Å². The fraction of sp³-hybridized carbons (Fsp3) is 0.591. The van der Waals surface area contributed by atoms with Gasteiger partial charge >= 0.3 is 0 Å². The molecule has 1 fully saturated rings. The molecule has 0 spiro atoms. The molecular formula is C22H36IN7O. The molecule has 2 aromatic rings. The van der Waals surface area contributed by atoms with E-state index in [-0.39, 0.29) is 29.5 Å². The number of nitrogens with one attached hydrogen (secondary N) is 2. The Morgan fingerprint density at radius 1 is 1.19 bits per heavy atom. The molecule has 0 aliphatic carbocycles. The number of nitrogens with zero attached hydrogens (tertiary/aromatic N) is 5. The largest absolute Gasteiger partial charge is 0.379 e. The summed E-state index contributed by atoms with van der Waals surface area (Å²) in [6.07, 6.45) is 1.87. The second-order valence-electron chi connectivity index (χ2n) is 8.32. The standard InChI is InChI=1S/C22H35N7O.HI/c1-6-23-21(26-16-22(4,5)28-9-11-30-12-10-28)25-15-19-7-8-20(24-14-19)29-18(3)13-17(2)27-29;/h7-8,13-14H,6,9-12,15-16H2,1-5H3,(H2,23,25,26);1H. The van der Waals surface area contributed by atoms with Gasteiger partial charge in [0.25, 0.3) is 0 Å². The van der Waals surface area contributed by atoms with Crippen LogP contribution in [0.15, 0.2) is 29.4 Å². The van der Waals surface area contributed by atoms with Crippen molar-refractivity contribution >= 4 is 29.9 Å². The minimum absolute atomic E-state index is 0. The molecule has 31 heavy (non-hydrogen) atoms. The maximum absolute atomic E-state index is 5.48. The van der Waals surface area contributed by atoms with Crippen molar-refractivity contribution in [2.45, 2.75) is 46.7 Å². The molecule has 0 atom stereocenters. The van der Waals surface area contributed by atoms with Crippen molar-refractivity contribution in [3.8, 4) is 5.82 Å².